The van der Waals surface area contributed by atoms with Gasteiger partial charge in [-0.25, -0.2) is 0 Å². The highest BCUT2D eigenvalue weighted by atomic mass is 15.2. The van der Waals surface area contributed by atoms with E-state index in [1.54, 1.807) is 0 Å². The smallest absolute Gasteiger partial charge is 0.0220 e. The molecule has 0 aromatic heterocycles. The Morgan fingerprint density at radius 3 is 2.59 bits per heavy atom. The van der Waals surface area contributed by atoms with Crippen molar-refractivity contribution in [2.24, 2.45) is 5.92 Å². The molecule has 0 bridgehead atoms. The molecule has 102 valence electrons. The van der Waals surface area contributed by atoms with Gasteiger partial charge in [-0.05, 0) is 46.3 Å². The average Bonchev–Trinajstić information content (AvgIpc) is 2.64. The molecule has 0 aromatic carbocycles. The van der Waals surface area contributed by atoms with Crippen LogP contribution in [0.15, 0.2) is 0 Å². The van der Waals surface area contributed by atoms with Gasteiger partial charge in [0.05, 0.1) is 0 Å². The predicted molar refractivity (Wildman–Crippen MR) is 75.5 cm³/mol. The highest BCUT2D eigenvalue weighted by Crippen LogP contribution is 2.15. The first-order valence-electron chi connectivity index (χ1n) is 7.13. The van der Waals surface area contributed by atoms with Crippen molar-refractivity contribution in [2.75, 3.05) is 40.3 Å². The Morgan fingerprint density at radius 2 is 2.06 bits per heavy atom. The van der Waals surface area contributed by atoms with Crippen molar-refractivity contribution in [3.8, 4) is 0 Å². The fraction of sp³-hybridized carbons (Fsp3) is 1.00. The van der Waals surface area contributed by atoms with E-state index < -0.39 is 0 Å². The molecule has 1 N–H and O–H groups in total. The second-order valence-corrected chi connectivity index (χ2v) is 6.03. The van der Waals surface area contributed by atoms with Crippen LogP contribution in [-0.2, 0) is 0 Å². The standard InChI is InChI=1S/C14H31N3/c1-12(2)13(3)15-8-10-16(4)11-14-7-6-9-17(14)5/h12-15H,6-11H2,1-5H3. The van der Waals surface area contributed by atoms with E-state index in [4.69, 9.17) is 0 Å². The minimum atomic E-state index is 0.623. The van der Waals surface area contributed by atoms with Crippen LogP contribution in [0.3, 0.4) is 0 Å². The van der Waals surface area contributed by atoms with Gasteiger partial charge in [-0.15, -0.1) is 0 Å². The monoisotopic (exact) mass is 241 g/mol. The Bertz CT molecular complexity index is 206. The number of likely N-dealkylation sites (tertiary alicyclic amines) is 1. The predicted octanol–water partition coefficient (Wildman–Crippen LogP) is 1.65. The van der Waals surface area contributed by atoms with Gasteiger partial charge >= 0.3 is 0 Å². The zero-order valence-corrected chi connectivity index (χ0v) is 12.4. The molecule has 2 unspecified atom stereocenters. The number of nitrogens with one attached hydrogen (secondary N) is 1. The number of likely N-dealkylation sites (N-methyl/N-ethyl adjacent to an activating group) is 2. The van der Waals surface area contributed by atoms with Crippen LogP contribution in [-0.4, -0.2) is 62.2 Å². The van der Waals surface area contributed by atoms with Gasteiger partial charge in [-0.3, -0.25) is 0 Å². The minimum Gasteiger partial charge on any atom is -0.313 e. The zero-order chi connectivity index (χ0) is 12.8. The van der Waals surface area contributed by atoms with Gasteiger partial charge < -0.3 is 15.1 Å². The molecule has 1 saturated heterocycles. The van der Waals surface area contributed by atoms with E-state index in [9.17, 15) is 0 Å². The lowest BCUT2D eigenvalue weighted by Gasteiger charge is -2.26. The molecule has 0 spiro atoms. The number of rotatable bonds is 7. The van der Waals surface area contributed by atoms with E-state index in [1.807, 2.05) is 0 Å². The van der Waals surface area contributed by atoms with Gasteiger partial charge in [-0.2, -0.15) is 0 Å². The summed E-state index contributed by atoms with van der Waals surface area (Å²) in [5.74, 6) is 0.723. The molecule has 1 aliphatic heterocycles. The van der Waals surface area contributed by atoms with Crippen molar-refractivity contribution in [1.29, 1.82) is 0 Å². The first-order valence-corrected chi connectivity index (χ1v) is 7.13. The highest BCUT2D eigenvalue weighted by molar-refractivity contribution is 4.79. The van der Waals surface area contributed by atoms with Crippen LogP contribution >= 0.6 is 0 Å². The molecule has 3 heteroatoms. The molecule has 2 atom stereocenters. The summed E-state index contributed by atoms with van der Waals surface area (Å²) < 4.78 is 0. The second kappa shape index (κ2) is 7.34. The first kappa shape index (κ1) is 14.9. The Kier molecular flexibility index (Phi) is 6.45. The van der Waals surface area contributed by atoms with Gasteiger partial charge in [0.2, 0.25) is 0 Å². The van der Waals surface area contributed by atoms with Crippen LogP contribution in [0.1, 0.15) is 33.6 Å². The topological polar surface area (TPSA) is 18.5 Å². The fourth-order valence-electron chi connectivity index (χ4n) is 2.38. The van der Waals surface area contributed by atoms with Crippen LogP contribution in [0, 0.1) is 5.92 Å². The summed E-state index contributed by atoms with van der Waals surface area (Å²) in [7, 11) is 4.50. The molecule has 0 amide bonds. The lowest BCUT2D eigenvalue weighted by atomic mass is 10.1. The van der Waals surface area contributed by atoms with Crippen molar-refractivity contribution >= 4 is 0 Å². The van der Waals surface area contributed by atoms with Crippen molar-refractivity contribution < 1.29 is 0 Å². The fourth-order valence-corrected chi connectivity index (χ4v) is 2.38. The molecule has 1 heterocycles. The molecule has 1 aliphatic rings. The molecule has 17 heavy (non-hydrogen) atoms. The Morgan fingerprint density at radius 1 is 1.35 bits per heavy atom. The summed E-state index contributed by atoms with van der Waals surface area (Å²) in [6.07, 6.45) is 2.74. The Balaban J connectivity index is 2.10. The molecule has 3 nitrogen and oxygen atoms in total. The summed E-state index contributed by atoms with van der Waals surface area (Å²) in [6.45, 7) is 11.6. The van der Waals surface area contributed by atoms with Crippen molar-refractivity contribution in [3.63, 3.8) is 0 Å². The molecule has 0 aliphatic carbocycles. The van der Waals surface area contributed by atoms with Gasteiger partial charge in [0, 0.05) is 31.7 Å². The zero-order valence-electron chi connectivity index (χ0n) is 12.4. The summed E-state index contributed by atoms with van der Waals surface area (Å²) in [5, 5.41) is 3.59. The average molecular weight is 241 g/mol. The van der Waals surface area contributed by atoms with Gasteiger partial charge in [0.1, 0.15) is 0 Å². The van der Waals surface area contributed by atoms with E-state index in [-0.39, 0.29) is 0 Å². The quantitative estimate of drug-likeness (QED) is 0.731. The van der Waals surface area contributed by atoms with Gasteiger partial charge in [0.25, 0.3) is 0 Å². The highest BCUT2D eigenvalue weighted by Gasteiger charge is 2.21. The molecule has 0 saturated carbocycles. The van der Waals surface area contributed by atoms with Crippen molar-refractivity contribution in [1.82, 2.24) is 15.1 Å². The van der Waals surface area contributed by atoms with Crippen molar-refractivity contribution in [2.45, 2.75) is 45.7 Å². The van der Waals surface area contributed by atoms with Crippen LogP contribution in [0.2, 0.25) is 0 Å². The van der Waals surface area contributed by atoms with E-state index in [2.05, 4.69) is 50.0 Å². The van der Waals surface area contributed by atoms with Gasteiger partial charge in [0.15, 0.2) is 0 Å². The largest absolute Gasteiger partial charge is 0.313 e. The summed E-state index contributed by atoms with van der Waals surface area (Å²) in [5.41, 5.74) is 0. The van der Waals surface area contributed by atoms with E-state index in [1.165, 1.54) is 25.9 Å². The second-order valence-electron chi connectivity index (χ2n) is 6.03. The van der Waals surface area contributed by atoms with E-state index in [0.29, 0.717) is 6.04 Å². The van der Waals surface area contributed by atoms with Crippen LogP contribution in [0.5, 0.6) is 0 Å². The molecular weight excluding hydrogens is 210 g/mol. The van der Waals surface area contributed by atoms with E-state index in [0.717, 1.165) is 25.0 Å². The summed E-state index contributed by atoms with van der Waals surface area (Å²) >= 11 is 0. The molecular formula is C14H31N3. The van der Waals surface area contributed by atoms with E-state index >= 15 is 0 Å². The Labute approximate surface area is 108 Å². The number of hydrogen-bond donors (Lipinski definition) is 1. The number of hydrogen-bond acceptors (Lipinski definition) is 3. The molecule has 0 aromatic rings. The molecule has 1 fully saturated rings. The van der Waals surface area contributed by atoms with Crippen LogP contribution < -0.4 is 5.32 Å². The third kappa shape index (κ3) is 5.36. The van der Waals surface area contributed by atoms with Crippen LogP contribution in [0.25, 0.3) is 0 Å². The maximum Gasteiger partial charge on any atom is 0.0220 e. The summed E-state index contributed by atoms with van der Waals surface area (Å²) in [4.78, 5) is 4.97. The maximum atomic E-state index is 3.59. The minimum absolute atomic E-state index is 0.623. The SMILES string of the molecule is CC(C)C(C)NCCN(C)CC1CCCN1C. The summed E-state index contributed by atoms with van der Waals surface area (Å²) in [6, 6.07) is 1.40. The van der Waals surface area contributed by atoms with Gasteiger partial charge in [-0.1, -0.05) is 13.8 Å². The molecule has 0 radical (unpaired) electrons. The number of nitrogens with zero attached hydrogens (tertiary/aromatic N) is 2. The lowest BCUT2D eigenvalue weighted by molar-refractivity contribution is 0.217. The third-order valence-corrected chi connectivity index (χ3v) is 4.15. The Hall–Kier alpha value is -0.120. The lowest BCUT2D eigenvalue weighted by Crippen LogP contribution is -2.41. The van der Waals surface area contributed by atoms with Crippen molar-refractivity contribution in [3.05, 3.63) is 0 Å². The first-order chi connectivity index (χ1) is 8.00. The van der Waals surface area contributed by atoms with Crippen LogP contribution in [0.4, 0.5) is 0 Å². The third-order valence-electron chi connectivity index (χ3n) is 4.15. The normalized spacial score (nSPS) is 23.8. The molecule has 1 rings (SSSR count). The maximum absolute atomic E-state index is 3.59.